The summed E-state index contributed by atoms with van der Waals surface area (Å²) in [5, 5.41) is 3.40. The average Bonchev–Trinajstić information content (AvgIpc) is 2.77. The Kier molecular flexibility index (Phi) is 4.01. The predicted octanol–water partition coefficient (Wildman–Crippen LogP) is 5.66. The molecule has 1 aromatic carbocycles. The normalized spacial score (nSPS) is 25.7. The molecule has 3 aliphatic rings. The molecule has 1 saturated heterocycles. The van der Waals surface area contributed by atoms with Crippen LogP contribution in [-0.4, -0.2) is 28.1 Å². The van der Waals surface area contributed by atoms with Gasteiger partial charge in [-0.15, -0.1) is 0 Å². The fraction of sp³-hybridized carbons (Fsp3) is 0.500. The molecule has 2 nitrogen and oxygen atoms in total. The average molecular weight is 382 g/mol. The molecule has 138 valence electrons. The Bertz CT molecular complexity index is 838. The number of amides is 1. The molecule has 1 aliphatic carbocycles. The highest BCUT2D eigenvalue weighted by Crippen LogP contribution is 2.55. The van der Waals surface area contributed by atoms with Gasteiger partial charge in [-0.1, -0.05) is 73.9 Å². The quantitative estimate of drug-likeness (QED) is 0.605. The van der Waals surface area contributed by atoms with Crippen molar-refractivity contribution in [1.82, 2.24) is 0 Å². The third-order valence-corrected chi connectivity index (χ3v) is 10.7. The first-order chi connectivity index (χ1) is 12.1. The summed E-state index contributed by atoms with van der Waals surface area (Å²) in [6.07, 6.45) is 5.30. The van der Waals surface area contributed by atoms with Gasteiger partial charge in [0.15, 0.2) is 0 Å². The summed E-state index contributed by atoms with van der Waals surface area (Å²) in [5.74, 6) is 0.710. The SMILES string of the molecule is C[Si](C)(C)C1=C([Si](C)(C)C)[C@H]2c3ccccc3N3C(=O)CCCC(=C1)[C@@H]23. The highest BCUT2D eigenvalue weighted by atomic mass is 28.3. The Morgan fingerprint density at radius 3 is 2.31 bits per heavy atom. The Hall–Kier alpha value is -1.40. The van der Waals surface area contributed by atoms with E-state index in [1.165, 1.54) is 16.8 Å². The largest absolute Gasteiger partial charge is 0.304 e. The lowest BCUT2D eigenvalue weighted by Crippen LogP contribution is -2.46. The monoisotopic (exact) mass is 381 g/mol. The maximum absolute atomic E-state index is 13.0. The Morgan fingerprint density at radius 1 is 0.962 bits per heavy atom. The standard InChI is InChI=1S/C22H31NOSi2/c1-25(2,3)18-14-15-10-9-13-19(24)23-17-12-8-7-11-16(17)20(21(15)23)22(18)26(4,5)6/h7-8,11-12,14,20-21H,9-10,13H2,1-6H3/t20-,21-/m0/s1. The first-order valence-corrected chi connectivity index (χ1v) is 17.0. The topological polar surface area (TPSA) is 20.3 Å². The van der Waals surface area contributed by atoms with Gasteiger partial charge in [0.1, 0.15) is 0 Å². The van der Waals surface area contributed by atoms with Crippen LogP contribution in [0.3, 0.4) is 0 Å². The molecule has 0 bridgehead atoms. The second kappa shape index (κ2) is 5.80. The van der Waals surface area contributed by atoms with Gasteiger partial charge in [-0.05, 0) is 30.0 Å². The molecule has 1 amide bonds. The van der Waals surface area contributed by atoms with Crippen LogP contribution in [0.2, 0.25) is 39.3 Å². The molecule has 1 fully saturated rings. The number of carbonyl (C=O) groups is 1. The second-order valence-corrected chi connectivity index (χ2v) is 20.2. The number of nitrogens with zero attached hydrogens (tertiary/aromatic N) is 1. The molecule has 1 aromatic rings. The van der Waals surface area contributed by atoms with E-state index in [1.807, 2.05) is 0 Å². The minimum Gasteiger partial charge on any atom is -0.304 e. The van der Waals surface area contributed by atoms with E-state index in [1.54, 1.807) is 10.4 Å². The van der Waals surface area contributed by atoms with Crippen LogP contribution in [0.25, 0.3) is 0 Å². The van der Waals surface area contributed by atoms with E-state index in [4.69, 9.17) is 0 Å². The molecule has 0 radical (unpaired) electrons. The molecule has 4 heteroatoms. The Balaban J connectivity index is 2.05. The number of benzene rings is 1. The highest BCUT2D eigenvalue weighted by Gasteiger charge is 2.51. The van der Waals surface area contributed by atoms with Crippen LogP contribution in [0.4, 0.5) is 5.69 Å². The number of fused-ring (bicyclic) bond motifs is 3. The number of rotatable bonds is 2. The van der Waals surface area contributed by atoms with Crippen molar-refractivity contribution in [1.29, 1.82) is 0 Å². The molecule has 0 spiro atoms. The van der Waals surface area contributed by atoms with Gasteiger partial charge in [-0.3, -0.25) is 4.79 Å². The van der Waals surface area contributed by atoms with Crippen molar-refractivity contribution < 1.29 is 4.79 Å². The molecule has 0 saturated carbocycles. The van der Waals surface area contributed by atoms with E-state index >= 15 is 0 Å². The second-order valence-electron chi connectivity index (χ2n) is 10.1. The van der Waals surface area contributed by atoms with Crippen LogP contribution in [-0.2, 0) is 4.79 Å². The van der Waals surface area contributed by atoms with Crippen LogP contribution < -0.4 is 4.90 Å². The number of hydrogen-bond donors (Lipinski definition) is 0. The molecule has 2 heterocycles. The predicted molar refractivity (Wildman–Crippen MR) is 116 cm³/mol. The molecular formula is C22H31NOSi2. The van der Waals surface area contributed by atoms with Gasteiger partial charge in [0.25, 0.3) is 0 Å². The van der Waals surface area contributed by atoms with E-state index in [-0.39, 0.29) is 6.04 Å². The Labute approximate surface area is 160 Å². The van der Waals surface area contributed by atoms with Gasteiger partial charge in [0.2, 0.25) is 5.91 Å². The van der Waals surface area contributed by atoms with E-state index in [9.17, 15) is 4.79 Å². The summed E-state index contributed by atoms with van der Waals surface area (Å²) >= 11 is 0. The van der Waals surface area contributed by atoms with Crippen molar-refractivity contribution in [2.45, 2.75) is 70.5 Å². The molecule has 4 rings (SSSR count). The van der Waals surface area contributed by atoms with Gasteiger partial charge in [-0.25, -0.2) is 0 Å². The lowest BCUT2D eigenvalue weighted by Gasteiger charge is -2.42. The maximum atomic E-state index is 13.0. The zero-order valence-electron chi connectivity index (χ0n) is 17.0. The van der Waals surface area contributed by atoms with Crippen LogP contribution in [0.15, 0.2) is 46.3 Å². The number of hydrogen-bond acceptors (Lipinski definition) is 1. The van der Waals surface area contributed by atoms with Crippen molar-refractivity contribution in [2.75, 3.05) is 4.90 Å². The van der Waals surface area contributed by atoms with Crippen molar-refractivity contribution >= 4 is 27.7 Å². The fourth-order valence-electron chi connectivity index (χ4n) is 5.21. The Morgan fingerprint density at radius 2 is 1.65 bits per heavy atom. The van der Waals surface area contributed by atoms with Gasteiger partial charge < -0.3 is 4.90 Å². The van der Waals surface area contributed by atoms with Crippen LogP contribution in [0.5, 0.6) is 0 Å². The first kappa shape index (κ1) is 18.0. The summed E-state index contributed by atoms with van der Waals surface area (Å²) in [6, 6.07) is 8.94. The van der Waals surface area contributed by atoms with Gasteiger partial charge >= 0.3 is 0 Å². The fourth-order valence-corrected chi connectivity index (χ4v) is 11.2. The molecular weight excluding hydrogens is 350 g/mol. The third-order valence-electron chi connectivity index (χ3n) is 6.18. The molecule has 26 heavy (non-hydrogen) atoms. The molecule has 0 N–H and O–H groups in total. The van der Waals surface area contributed by atoms with Gasteiger partial charge in [-0.2, -0.15) is 0 Å². The van der Waals surface area contributed by atoms with E-state index in [0.29, 0.717) is 18.2 Å². The summed E-state index contributed by atoms with van der Waals surface area (Å²) in [6.45, 7) is 14.9. The van der Waals surface area contributed by atoms with Crippen molar-refractivity contribution in [2.24, 2.45) is 0 Å². The van der Waals surface area contributed by atoms with Crippen LogP contribution in [0, 0.1) is 0 Å². The van der Waals surface area contributed by atoms with E-state index in [2.05, 4.69) is 74.5 Å². The van der Waals surface area contributed by atoms with Crippen LogP contribution in [0.1, 0.15) is 30.7 Å². The number of carbonyl (C=O) groups excluding carboxylic acids is 1. The van der Waals surface area contributed by atoms with Crippen LogP contribution >= 0.6 is 0 Å². The smallest absolute Gasteiger partial charge is 0.227 e. The van der Waals surface area contributed by atoms with Crippen molar-refractivity contribution in [3.63, 3.8) is 0 Å². The highest BCUT2D eigenvalue weighted by molar-refractivity contribution is 6.90. The van der Waals surface area contributed by atoms with Gasteiger partial charge in [0.05, 0.1) is 22.2 Å². The summed E-state index contributed by atoms with van der Waals surface area (Å²) in [7, 11) is -3.00. The van der Waals surface area contributed by atoms with Gasteiger partial charge in [0, 0.05) is 18.0 Å². The minimum atomic E-state index is -1.54. The lowest BCUT2D eigenvalue weighted by atomic mass is 9.84. The first-order valence-electron chi connectivity index (χ1n) is 9.97. The van der Waals surface area contributed by atoms with E-state index < -0.39 is 16.1 Å². The molecule has 0 unspecified atom stereocenters. The van der Waals surface area contributed by atoms with E-state index in [0.717, 1.165) is 12.8 Å². The lowest BCUT2D eigenvalue weighted by molar-refractivity contribution is -0.118. The minimum absolute atomic E-state index is 0.240. The maximum Gasteiger partial charge on any atom is 0.227 e. The molecule has 2 aliphatic heterocycles. The van der Waals surface area contributed by atoms with Crippen molar-refractivity contribution in [3.05, 3.63) is 51.9 Å². The molecule has 0 aromatic heterocycles. The number of anilines is 1. The zero-order chi connectivity index (χ0) is 18.9. The molecule has 2 atom stereocenters. The summed E-state index contributed by atoms with van der Waals surface area (Å²) < 4.78 is 0. The summed E-state index contributed by atoms with van der Waals surface area (Å²) in [4.78, 5) is 15.2. The van der Waals surface area contributed by atoms with Crippen molar-refractivity contribution in [3.8, 4) is 0 Å². The number of para-hydroxylation sites is 1. The summed E-state index contributed by atoms with van der Waals surface area (Å²) in [5.41, 5.74) is 4.08. The number of allylic oxidation sites excluding steroid dienone is 2. The zero-order valence-corrected chi connectivity index (χ0v) is 19.0. The third kappa shape index (κ3) is 2.61.